The van der Waals surface area contributed by atoms with Crippen LogP contribution in [0.2, 0.25) is 0 Å². The third-order valence-electron chi connectivity index (χ3n) is 2.87. The second kappa shape index (κ2) is 2.70. The van der Waals surface area contributed by atoms with Crippen LogP contribution in [0.4, 0.5) is 0 Å². The minimum absolute atomic E-state index is 0.376. The molecule has 3 nitrogen and oxygen atoms in total. The molecular weight excluding hydrogens is 192 g/mol. The Morgan fingerprint density at radius 3 is 2.73 bits per heavy atom. The normalized spacial score (nSPS) is 17.9. The smallest absolute Gasteiger partial charge is 0.336 e. The van der Waals surface area contributed by atoms with E-state index in [4.69, 9.17) is 4.42 Å². The molecule has 0 bridgehead atoms. The quantitative estimate of drug-likeness (QED) is 0.717. The number of rotatable bonds is 1. The molecule has 1 saturated carbocycles. The van der Waals surface area contributed by atoms with Gasteiger partial charge in [0.15, 0.2) is 0 Å². The van der Waals surface area contributed by atoms with Crippen molar-refractivity contribution in [3.63, 3.8) is 0 Å². The lowest BCUT2D eigenvalue weighted by Gasteiger charge is -2.09. The summed E-state index contributed by atoms with van der Waals surface area (Å²) >= 11 is 0. The largest absolute Gasteiger partial charge is 0.422 e. The summed E-state index contributed by atoms with van der Waals surface area (Å²) in [6, 6.07) is 8.67. The molecule has 1 aliphatic rings. The summed E-state index contributed by atoms with van der Waals surface area (Å²) in [4.78, 5) is 11.1. The lowest BCUT2D eigenvalue weighted by molar-refractivity contribution is 0.151. The molecule has 0 unspecified atom stereocenters. The number of fused-ring (bicyclic) bond motifs is 1. The van der Waals surface area contributed by atoms with E-state index in [0.717, 1.165) is 23.8 Å². The van der Waals surface area contributed by atoms with Crippen molar-refractivity contribution >= 4 is 11.0 Å². The molecule has 1 N–H and O–H groups in total. The van der Waals surface area contributed by atoms with Gasteiger partial charge in [-0.25, -0.2) is 4.79 Å². The molecule has 1 aliphatic carbocycles. The molecule has 15 heavy (non-hydrogen) atoms. The first-order chi connectivity index (χ1) is 7.19. The molecule has 0 spiro atoms. The number of para-hydroxylation sites is 1. The van der Waals surface area contributed by atoms with E-state index in [-0.39, 0.29) is 5.63 Å². The van der Waals surface area contributed by atoms with E-state index < -0.39 is 5.60 Å². The third-order valence-corrected chi connectivity index (χ3v) is 2.87. The molecule has 0 atom stereocenters. The fourth-order valence-electron chi connectivity index (χ4n) is 1.85. The highest BCUT2D eigenvalue weighted by molar-refractivity contribution is 5.80. The number of aliphatic hydroxyl groups is 1. The van der Waals surface area contributed by atoms with Crippen molar-refractivity contribution in [1.29, 1.82) is 0 Å². The summed E-state index contributed by atoms with van der Waals surface area (Å²) in [6.45, 7) is 0. The van der Waals surface area contributed by atoms with Gasteiger partial charge in [-0.15, -0.1) is 0 Å². The predicted octanol–water partition coefficient (Wildman–Crippen LogP) is 1.77. The maximum atomic E-state index is 11.1. The Hall–Kier alpha value is -1.61. The van der Waals surface area contributed by atoms with Crippen molar-refractivity contribution < 1.29 is 9.52 Å². The molecule has 1 heterocycles. The molecule has 0 radical (unpaired) electrons. The fraction of sp³-hybridized carbons (Fsp3) is 0.250. The molecule has 0 saturated heterocycles. The summed E-state index contributed by atoms with van der Waals surface area (Å²) in [7, 11) is 0. The Labute approximate surface area is 86.0 Å². The van der Waals surface area contributed by atoms with Crippen LogP contribution >= 0.6 is 0 Å². The first kappa shape index (κ1) is 8.68. The van der Waals surface area contributed by atoms with Gasteiger partial charge >= 0.3 is 5.63 Å². The van der Waals surface area contributed by atoms with Gasteiger partial charge in [-0.1, -0.05) is 18.2 Å². The first-order valence-corrected chi connectivity index (χ1v) is 4.95. The van der Waals surface area contributed by atoms with E-state index in [0.29, 0.717) is 5.58 Å². The van der Waals surface area contributed by atoms with Crippen LogP contribution in [-0.2, 0) is 5.60 Å². The van der Waals surface area contributed by atoms with Crippen LogP contribution in [0.3, 0.4) is 0 Å². The van der Waals surface area contributed by atoms with E-state index in [1.54, 1.807) is 6.07 Å². The zero-order chi connectivity index (χ0) is 10.5. The zero-order valence-electron chi connectivity index (χ0n) is 8.06. The molecule has 1 aromatic carbocycles. The first-order valence-electron chi connectivity index (χ1n) is 4.95. The number of hydrogen-bond donors (Lipinski definition) is 1. The van der Waals surface area contributed by atoms with Crippen molar-refractivity contribution in [2.75, 3.05) is 0 Å². The predicted molar refractivity (Wildman–Crippen MR) is 55.6 cm³/mol. The summed E-state index contributed by atoms with van der Waals surface area (Å²) in [6.07, 6.45) is 1.48. The van der Waals surface area contributed by atoms with Crippen molar-refractivity contribution in [1.82, 2.24) is 0 Å². The summed E-state index contributed by atoms with van der Waals surface area (Å²) in [5.41, 5.74) is 0.110. The molecule has 76 valence electrons. The van der Waals surface area contributed by atoms with Crippen LogP contribution in [-0.4, -0.2) is 5.11 Å². The topological polar surface area (TPSA) is 50.4 Å². The van der Waals surface area contributed by atoms with E-state index in [1.807, 2.05) is 18.2 Å². The van der Waals surface area contributed by atoms with Crippen LogP contribution in [0, 0.1) is 0 Å². The number of benzene rings is 1. The number of hydrogen-bond acceptors (Lipinski definition) is 3. The third kappa shape index (κ3) is 1.27. The van der Waals surface area contributed by atoms with E-state index in [2.05, 4.69) is 0 Å². The van der Waals surface area contributed by atoms with E-state index in [1.165, 1.54) is 6.07 Å². The molecule has 3 rings (SSSR count). The van der Waals surface area contributed by atoms with Crippen molar-refractivity contribution in [3.05, 3.63) is 46.3 Å². The van der Waals surface area contributed by atoms with Gasteiger partial charge in [-0.2, -0.15) is 0 Å². The van der Waals surface area contributed by atoms with Gasteiger partial charge in [0.05, 0.1) is 5.60 Å². The highest BCUT2D eigenvalue weighted by Crippen LogP contribution is 2.47. The summed E-state index contributed by atoms with van der Waals surface area (Å²) < 4.78 is 5.14. The Morgan fingerprint density at radius 1 is 1.20 bits per heavy atom. The molecule has 3 heteroatoms. The lowest BCUT2D eigenvalue weighted by atomic mass is 10.0. The molecule has 0 amide bonds. The van der Waals surface area contributed by atoms with Gasteiger partial charge in [-0.05, 0) is 18.9 Å². The molecule has 1 aromatic heterocycles. The van der Waals surface area contributed by atoms with Gasteiger partial charge in [0.1, 0.15) is 5.58 Å². The van der Waals surface area contributed by atoms with Gasteiger partial charge in [0.2, 0.25) is 0 Å². The Bertz CT molecular complexity index is 579. The van der Waals surface area contributed by atoms with Gasteiger partial charge < -0.3 is 9.52 Å². The van der Waals surface area contributed by atoms with Gasteiger partial charge in [0.25, 0.3) is 0 Å². The Balaban J connectivity index is 2.38. The van der Waals surface area contributed by atoms with E-state index in [9.17, 15) is 9.90 Å². The Morgan fingerprint density at radius 2 is 2.00 bits per heavy atom. The van der Waals surface area contributed by atoms with Gasteiger partial charge in [-0.3, -0.25) is 0 Å². The Kier molecular flexibility index (Phi) is 1.56. The van der Waals surface area contributed by atoms with Crippen LogP contribution in [0.1, 0.15) is 18.4 Å². The van der Waals surface area contributed by atoms with Gasteiger partial charge in [0, 0.05) is 17.0 Å². The summed E-state index contributed by atoms with van der Waals surface area (Å²) in [5, 5.41) is 10.9. The maximum absolute atomic E-state index is 11.1. The van der Waals surface area contributed by atoms with Crippen molar-refractivity contribution in [2.45, 2.75) is 18.4 Å². The SMILES string of the molecule is O=c1ccc2cccc(C3(O)CC3)c2o1. The average Bonchev–Trinajstić information content (AvgIpc) is 2.96. The van der Waals surface area contributed by atoms with Crippen LogP contribution in [0.25, 0.3) is 11.0 Å². The van der Waals surface area contributed by atoms with E-state index >= 15 is 0 Å². The highest BCUT2D eigenvalue weighted by atomic mass is 16.4. The second-order valence-electron chi connectivity index (χ2n) is 4.01. The standard InChI is InChI=1S/C12H10O3/c13-10-5-4-8-2-1-3-9(11(8)15-10)12(14)6-7-12/h1-5,14H,6-7H2. The monoisotopic (exact) mass is 202 g/mol. The van der Waals surface area contributed by atoms with Crippen LogP contribution in [0.5, 0.6) is 0 Å². The van der Waals surface area contributed by atoms with Crippen LogP contribution < -0.4 is 5.63 Å². The maximum Gasteiger partial charge on any atom is 0.336 e. The zero-order valence-corrected chi connectivity index (χ0v) is 8.06. The average molecular weight is 202 g/mol. The molecule has 1 fully saturated rings. The fourth-order valence-corrected chi connectivity index (χ4v) is 1.85. The highest BCUT2D eigenvalue weighted by Gasteiger charge is 2.43. The second-order valence-corrected chi connectivity index (χ2v) is 4.01. The molecule has 0 aliphatic heterocycles. The lowest BCUT2D eigenvalue weighted by Crippen LogP contribution is -2.06. The minimum Gasteiger partial charge on any atom is -0.422 e. The van der Waals surface area contributed by atoms with Crippen LogP contribution in [0.15, 0.2) is 39.5 Å². The molecule has 2 aromatic rings. The molecular formula is C12H10O3. The van der Waals surface area contributed by atoms with Crippen molar-refractivity contribution in [2.24, 2.45) is 0 Å². The van der Waals surface area contributed by atoms with Crippen molar-refractivity contribution in [3.8, 4) is 0 Å². The summed E-state index contributed by atoms with van der Waals surface area (Å²) in [5.74, 6) is 0. The minimum atomic E-state index is -0.767.